The van der Waals surface area contributed by atoms with Crippen LogP contribution in [0.25, 0.3) is 6.08 Å². The first kappa shape index (κ1) is 14.5. The number of esters is 1. The van der Waals surface area contributed by atoms with Crippen LogP contribution in [0.2, 0.25) is 0 Å². The Balaban J connectivity index is 1.93. The highest BCUT2D eigenvalue weighted by molar-refractivity contribution is 5.94. The monoisotopic (exact) mass is 281 g/mol. The van der Waals surface area contributed by atoms with E-state index >= 15 is 0 Å². The van der Waals surface area contributed by atoms with Gasteiger partial charge in [0, 0.05) is 11.6 Å². The zero-order valence-electron chi connectivity index (χ0n) is 11.4. The molecule has 2 aromatic rings. The summed E-state index contributed by atoms with van der Waals surface area (Å²) in [5, 5.41) is 0. The molecule has 0 aliphatic rings. The molecule has 0 saturated carbocycles. The van der Waals surface area contributed by atoms with Crippen molar-refractivity contribution in [2.75, 3.05) is 0 Å². The Morgan fingerprint density at radius 2 is 1.81 bits per heavy atom. The van der Waals surface area contributed by atoms with Gasteiger partial charge in [-0.05, 0) is 29.3 Å². The number of hydrogen-bond donors (Lipinski definition) is 1. The van der Waals surface area contributed by atoms with Gasteiger partial charge in [0.25, 0.3) is 0 Å². The largest absolute Gasteiger partial charge is 0.458 e. The Morgan fingerprint density at radius 3 is 2.52 bits per heavy atom. The van der Waals surface area contributed by atoms with Crippen molar-refractivity contribution in [1.29, 1.82) is 0 Å². The van der Waals surface area contributed by atoms with Crippen LogP contribution in [-0.2, 0) is 16.1 Å². The van der Waals surface area contributed by atoms with Gasteiger partial charge < -0.3 is 10.5 Å². The maximum atomic E-state index is 11.6. The van der Waals surface area contributed by atoms with Gasteiger partial charge in [-0.3, -0.25) is 4.79 Å². The fourth-order valence-corrected chi connectivity index (χ4v) is 1.74. The highest BCUT2D eigenvalue weighted by Crippen LogP contribution is 2.07. The Bertz CT molecular complexity index is 663. The Kier molecular flexibility index (Phi) is 4.88. The molecule has 0 aliphatic heterocycles. The lowest BCUT2D eigenvalue weighted by Gasteiger charge is -2.01. The van der Waals surface area contributed by atoms with E-state index in [9.17, 15) is 9.59 Å². The fraction of sp³-hybridized carbons (Fsp3) is 0.0588. The third-order valence-electron chi connectivity index (χ3n) is 2.81. The van der Waals surface area contributed by atoms with Crippen LogP contribution >= 0.6 is 0 Å². The van der Waals surface area contributed by atoms with Crippen LogP contribution < -0.4 is 5.73 Å². The normalized spacial score (nSPS) is 10.5. The van der Waals surface area contributed by atoms with Gasteiger partial charge in [0.1, 0.15) is 6.61 Å². The van der Waals surface area contributed by atoms with Crippen molar-refractivity contribution in [3.8, 4) is 0 Å². The van der Waals surface area contributed by atoms with Gasteiger partial charge in [-0.1, -0.05) is 42.5 Å². The molecular formula is C17H15NO3. The maximum Gasteiger partial charge on any atom is 0.331 e. The molecule has 0 heterocycles. The van der Waals surface area contributed by atoms with Crippen molar-refractivity contribution in [1.82, 2.24) is 0 Å². The summed E-state index contributed by atoms with van der Waals surface area (Å²) >= 11 is 0. The number of primary amides is 1. The van der Waals surface area contributed by atoms with Gasteiger partial charge in [-0.25, -0.2) is 4.79 Å². The first-order valence-corrected chi connectivity index (χ1v) is 6.44. The zero-order chi connectivity index (χ0) is 15.1. The highest BCUT2D eigenvalue weighted by atomic mass is 16.5. The molecule has 0 bridgehead atoms. The lowest BCUT2D eigenvalue weighted by Crippen LogP contribution is -2.10. The van der Waals surface area contributed by atoms with Crippen LogP contribution in [0.1, 0.15) is 21.5 Å². The molecule has 0 fully saturated rings. The molecule has 2 N–H and O–H groups in total. The van der Waals surface area contributed by atoms with Gasteiger partial charge in [-0.2, -0.15) is 0 Å². The molecule has 4 heteroatoms. The summed E-state index contributed by atoms with van der Waals surface area (Å²) in [4.78, 5) is 22.7. The lowest BCUT2D eigenvalue weighted by molar-refractivity contribution is -0.138. The molecule has 0 saturated heterocycles. The third-order valence-corrected chi connectivity index (χ3v) is 2.81. The van der Waals surface area contributed by atoms with Crippen molar-refractivity contribution >= 4 is 18.0 Å². The van der Waals surface area contributed by atoms with E-state index < -0.39 is 11.9 Å². The van der Waals surface area contributed by atoms with Crippen molar-refractivity contribution < 1.29 is 14.3 Å². The topological polar surface area (TPSA) is 69.4 Å². The zero-order valence-corrected chi connectivity index (χ0v) is 11.4. The van der Waals surface area contributed by atoms with E-state index in [0.717, 1.165) is 5.56 Å². The van der Waals surface area contributed by atoms with E-state index in [1.165, 1.54) is 6.08 Å². The maximum absolute atomic E-state index is 11.6. The standard InChI is InChI=1S/C17H15NO3/c18-17(20)15-8-4-7-13(11-15)9-10-16(19)21-12-14-5-2-1-3-6-14/h1-11H,12H2,(H2,18,20)/b10-9+. The number of benzene rings is 2. The van der Waals surface area contributed by atoms with E-state index in [4.69, 9.17) is 10.5 Å². The average Bonchev–Trinajstić information content (AvgIpc) is 2.52. The summed E-state index contributed by atoms with van der Waals surface area (Å²) < 4.78 is 5.11. The van der Waals surface area contributed by atoms with E-state index in [1.807, 2.05) is 30.3 Å². The predicted octanol–water partition coefficient (Wildman–Crippen LogP) is 2.54. The van der Waals surface area contributed by atoms with Gasteiger partial charge in [-0.15, -0.1) is 0 Å². The first-order chi connectivity index (χ1) is 10.1. The van der Waals surface area contributed by atoms with Crippen molar-refractivity contribution in [2.45, 2.75) is 6.61 Å². The van der Waals surface area contributed by atoms with Gasteiger partial charge in [0.15, 0.2) is 0 Å². The molecule has 21 heavy (non-hydrogen) atoms. The number of hydrogen-bond acceptors (Lipinski definition) is 3. The van der Waals surface area contributed by atoms with Crippen LogP contribution in [0.5, 0.6) is 0 Å². The second kappa shape index (κ2) is 7.05. The molecule has 0 radical (unpaired) electrons. The van der Waals surface area contributed by atoms with Crippen LogP contribution in [0.15, 0.2) is 60.7 Å². The Hall–Kier alpha value is -2.88. The lowest BCUT2D eigenvalue weighted by atomic mass is 10.1. The summed E-state index contributed by atoms with van der Waals surface area (Å²) in [6.45, 7) is 0.228. The van der Waals surface area contributed by atoms with E-state index in [-0.39, 0.29) is 6.61 Å². The summed E-state index contributed by atoms with van der Waals surface area (Å²) in [6, 6.07) is 16.1. The Labute approximate surface area is 122 Å². The molecule has 4 nitrogen and oxygen atoms in total. The molecule has 0 atom stereocenters. The minimum atomic E-state index is -0.503. The molecule has 0 aliphatic carbocycles. The highest BCUT2D eigenvalue weighted by Gasteiger charge is 2.01. The number of carbonyl (C=O) groups excluding carboxylic acids is 2. The number of amides is 1. The quantitative estimate of drug-likeness (QED) is 0.676. The summed E-state index contributed by atoms with van der Waals surface area (Å²) in [6.07, 6.45) is 2.91. The smallest absolute Gasteiger partial charge is 0.331 e. The first-order valence-electron chi connectivity index (χ1n) is 6.44. The van der Waals surface area contributed by atoms with E-state index in [2.05, 4.69) is 0 Å². The fourth-order valence-electron chi connectivity index (χ4n) is 1.74. The minimum absolute atomic E-state index is 0.228. The van der Waals surface area contributed by atoms with Crippen molar-refractivity contribution in [3.63, 3.8) is 0 Å². The van der Waals surface area contributed by atoms with Crippen LogP contribution in [0.4, 0.5) is 0 Å². The van der Waals surface area contributed by atoms with E-state index in [1.54, 1.807) is 30.3 Å². The summed E-state index contributed by atoms with van der Waals surface area (Å²) in [5.74, 6) is -0.944. The third kappa shape index (κ3) is 4.62. The molecule has 2 aromatic carbocycles. The SMILES string of the molecule is NC(=O)c1cccc(/C=C/C(=O)OCc2ccccc2)c1. The number of nitrogens with two attached hydrogens (primary N) is 1. The second-order valence-corrected chi connectivity index (χ2v) is 4.42. The number of ether oxygens (including phenoxy) is 1. The van der Waals surface area contributed by atoms with Crippen molar-refractivity contribution in [3.05, 3.63) is 77.4 Å². The molecular weight excluding hydrogens is 266 g/mol. The molecule has 1 amide bonds. The van der Waals surface area contributed by atoms with Crippen LogP contribution in [-0.4, -0.2) is 11.9 Å². The minimum Gasteiger partial charge on any atom is -0.458 e. The second-order valence-electron chi connectivity index (χ2n) is 4.42. The van der Waals surface area contributed by atoms with Crippen LogP contribution in [0.3, 0.4) is 0 Å². The molecule has 0 unspecified atom stereocenters. The number of carbonyl (C=O) groups is 2. The molecule has 106 valence electrons. The van der Waals surface area contributed by atoms with Gasteiger partial charge in [0.05, 0.1) is 0 Å². The molecule has 0 spiro atoms. The van der Waals surface area contributed by atoms with Gasteiger partial charge >= 0.3 is 5.97 Å². The number of rotatable bonds is 5. The average molecular weight is 281 g/mol. The van der Waals surface area contributed by atoms with Crippen molar-refractivity contribution in [2.24, 2.45) is 5.73 Å². The summed E-state index contributed by atoms with van der Waals surface area (Å²) in [5.41, 5.74) is 7.23. The van der Waals surface area contributed by atoms with Crippen LogP contribution in [0, 0.1) is 0 Å². The summed E-state index contributed by atoms with van der Waals surface area (Å²) in [7, 11) is 0. The van der Waals surface area contributed by atoms with E-state index in [0.29, 0.717) is 11.1 Å². The molecule has 0 aromatic heterocycles. The molecule has 2 rings (SSSR count). The Morgan fingerprint density at radius 1 is 1.05 bits per heavy atom. The predicted molar refractivity (Wildman–Crippen MR) is 80.2 cm³/mol. The van der Waals surface area contributed by atoms with Gasteiger partial charge in [0.2, 0.25) is 5.91 Å².